The van der Waals surface area contributed by atoms with Gasteiger partial charge in [-0.1, -0.05) is 39.3 Å². The van der Waals surface area contributed by atoms with Crippen LogP contribution in [0.5, 0.6) is 0 Å². The maximum absolute atomic E-state index is 7.45. The topological polar surface area (TPSA) is 49.6 Å². The van der Waals surface area contributed by atoms with E-state index < -0.39 is 0 Å². The van der Waals surface area contributed by atoms with Crippen molar-refractivity contribution >= 4 is 33.3 Å². The summed E-state index contributed by atoms with van der Waals surface area (Å²) in [5, 5.41) is 9.55. The number of hydrogen-bond acceptors (Lipinski definition) is 4. The van der Waals surface area contributed by atoms with Crippen molar-refractivity contribution in [3.05, 3.63) is 53.8 Å². The van der Waals surface area contributed by atoms with Gasteiger partial charge in [0.15, 0.2) is 0 Å². The minimum absolute atomic E-state index is 0.829. The number of rotatable bonds is 4. The average Bonchev–Trinajstić information content (AvgIpc) is 3.07. The van der Waals surface area contributed by atoms with E-state index in [9.17, 15) is 0 Å². The Hall–Kier alpha value is -2.33. The molecule has 0 atom stereocenters. The molecule has 0 fully saturated rings. The van der Waals surface area contributed by atoms with Crippen LogP contribution in [0, 0.1) is 11.3 Å². The van der Waals surface area contributed by atoms with Gasteiger partial charge in [0.05, 0.1) is 15.9 Å². The molecule has 130 valence electrons. The molecular formula is C21H25N3S. The molecule has 1 N–H and O–H groups in total. The van der Waals surface area contributed by atoms with Crippen LogP contribution in [-0.4, -0.2) is 16.2 Å². The SMILES string of the molecule is C/C=C(\C=N)c1ccc2scc(-c3cccnc3)c2n1.CCC(C)C. The first-order valence-electron chi connectivity index (χ1n) is 8.56. The van der Waals surface area contributed by atoms with Crippen LogP contribution in [0.25, 0.3) is 26.9 Å². The van der Waals surface area contributed by atoms with E-state index in [1.165, 1.54) is 12.6 Å². The van der Waals surface area contributed by atoms with Crippen LogP contribution in [0.15, 0.2) is 48.1 Å². The summed E-state index contributed by atoms with van der Waals surface area (Å²) in [7, 11) is 0. The monoisotopic (exact) mass is 351 g/mol. The minimum atomic E-state index is 0.829. The second kappa shape index (κ2) is 9.23. The molecule has 0 radical (unpaired) electrons. The van der Waals surface area contributed by atoms with Crippen LogP contribution in [0.4, 0.5) is 0 Å². The Kier molecular flexibility index (Phi) is 7.02. The number of nitrogens with one attached hydrogen (secondary N) is 1. The molecule has 0 aliphatic rings. The van der Waals surface area contributed by atoms with Gasteiger partial charge in [0.1, 0.15) is 0 Å². The third-order valence-corrected chi connectivity index (χ3v) is 4.91. The number of nitrogens with zero attached hydrogens (tertiary/aromatic N) is 2. The van der Waals surface area contributed by atoms with Crippen molar-refractivity contribution in [2.45, 2.75) is 34.1 Å². The van der Waals surface area contributed by atoms with Crippen molar-refractivity contribution in [2.75, 3.05) is 0 Å². The van der Waals surface area contributed by atoms with E-state index in [0.29, 0.717) is 0 Å². The van der Waals surface area contributed by atoms with Gasteiger partial charge in [-0.15, -0.1) is 11.3 Å². The van der Waals surface area contributed by atoms with Crippen LogP contribution in [0.2, 0.25) is 0 Å². The van der Waals surface area contributed by atoms with Crippen molar-refractivity contribution in [3.8, 4) is 11.1 Å². The largest absolute Gasteiger partial charge is 0.308 e. The number of thiophene rings is 1. The first kappa shape index (κ1) is 19.0. The third kappa shape index (κ3) is 4.83. The first-order chi connectivity index (χ1) is 12.1. The summed E-state index contributed by atoms with van der Waals surface area (Å²) in [5.74, 6) is 0.884. The summed E-state index contributed by atoms with van der Waals surface area (Å²) >= 11 is 1.68. The van der Waals surface area contributed by atoms with E-state index in [-0.39, 0.29) is 0 Å². The maximum atomic E-state index is 7.45. The Bertz CT molecular complexity index is 848. The van der Waals surface area contributed by atoms with Gasteiger partial charge in [0.2, 0.25) is 0 Å². The molecule has 3 rings (SSSR count). The van der Waals surface area contributed by atoms with Crippen molar-refractivity contribution in [3.63, 3.8) is 0 Å². The van der Waals surface area contributed by atoms with Crippen LogP contribution in [0.1, 0.15) is 39.8 Å². The highest BCUT2D eigenvalue weighted by Crippen LogP contribution is 2.33. The van der Waals surface area contributed by atoms with Gasteiger partial charge in [-0.05, 0) is 31.0 Å². The second-order valence-corrected chi connectivity index (χ2v) is 7.04. The summed E-state index contributed by atoms with van der Waals surface area (Å²) in [6.07, 6.45) is 8.16. The molecular weight excluding hydrogens is 326 g/mol. The van der Waals surface area contributed by atoms with E-state index in [2.05, 4.69) is 37.2 Å². The zero-order chi connectivity index (χ0) is 18.2. The van der Waals surface area contributed by atoms with E-state index in [1.54, 1.807) is 17.5 Å². The molecule has 3 aromatic rings. The summed E-state index contributed by atoms with van der Waals surface area (Å²) in [6.45, 7) is 8.56. The van der Waals surface area contributed by atoms with Gasteiger partial charge >= 0.3 is 0 Å². The highest BCUT2D eigenvalue weighted by atomic mass is 32.1. The molecule has 0 amide bonds. The summed E-state index contributed by atoms with van der Waals surface area (Å²) in [5.41, 5.74) is 4.80. The fourth-order valence-electron chi connectivity index (χ4n) is 2.11. The Balaban J connectivity index is 0.000000399. The van der Waals surface area contributed by atoms with E-state index in [4.69, 9.17) is 10.4 Å². The van der Waals surface area contributed by atoms with Crippen molar-refractivity contribution in [2.24, 2.45) is 5.92 Å². The number of hydrogen-bond donors (Lipinski definition) is 1. The predicted octanol–water partition coefficient (Wildman–Crippen LogP) is 6.46. The minimum Gasteiger partial charge on any atom is -0.308 e. The molecule has 0 saturated carbocycles. The molecule has 0 aliphatic carbocycles. The smallest absolute Gasteiger partial charge is 0.0896 e. The third-order valence-electron chi connectivity index (χ3n) is 3.97. The average molecular weight is 352 g/mol. The zero-order valence-electron chi connectivity index (χ0n) is 15.3. The second-order valence-electron chi connectivity index (χ2n) is 6.12. The molecule has 0 bridgehead atoms. The highest BCUT2D eigenvalue weighted by Gasteiger charge is 2.10. The number of fused-ring (bicyclic) bond motifs is 1. The lowest BCUT2D eigenvalue weighted by atomic mass is 10.1. The van der Waals surface area contributed by atoms with Gasteiger partial charge in [-0.2, -0.15) is 0 Å². The lowest BCUT2D eigenvalue weighted by molar-refractivity contribution is 0.626. The van der Waals surface area contributed by atoms with Crippen molar-refractivity contribution in [1.29, 1.82) is 5.41 Å². The molecule has 25 heavy (non-hydrogen) atoms. The molecule has 0 aromatic carbocycles. The van der Waals surface area contributed by atoms with E-state index in [0.717, 1.165) is 38.5 Å². The fraction of sp³-hybridized carbons (Fsp3) is 0.286. The van der Waals surface area contributed by atoms with Gasteiger partial charge in [-0.25, -0.2) is 4.98 Å². The van der Waals surface area contributed by atoms with Crippen molar-refractivity contribution in [1.82, 2.24) is 9.97 Å². The molecule has 0 unspecified atom stereocenters. The maximum Gasteiger partial charge on any atom is 0.0896 e. The van der Waals surface area contributed by atoms with E-state index >= 15 is 0 Å². The lowest BCUT2D eigenvalue weighted by Gasteiger charge is -2.02. The van der Waals surface area contributed by atoms with Crippen LogP contribution in [-0.2, 0) is 0 Å². The molecule has 3 aromatic heterocycles. The Morgan fingerprint density at radius 1 is 1.28 bits per heavy atom. The lowest BCUT2D eigenvalue weighted by Crippen LogP contribution is -1.90. The number of allylic oxidation sites excluding steroid dienone is 2. The molecule has 0 spiro atoms. The molecule has 4 heteroatoms. The summed E-state index contributed by atoms with van der Waals surface area (Å²) < 4.78 is 1.15. The van der Waals surface area contributed by atoms with Crippen molar-refractivity contribution < 1.29 is 0 Å². The molecule has 0 aliphatic heterocycles. The molecule has 3 nitrogen and oxygen atoms in total. The zero-order valence-corrected chi connectivity index (χ0v) is 16.1. The number of pyridine rings is 2. The normalized spacial score (nSPS) is 11.3. The Morgan fingerprint density at radius 2 is 2.04 bits per heavy atom. The fourth-order valence-corrected chi connectivity index (χ4v) is 3.01. The van der Waals surface area contributed by atoms with Crippen LogP contribution < -0.4 is 0 Å². The summed E-state index contributed by atoms with van der Waals surface area (Å²) in [6, 6.07) is 8.00. The number of aromatic nitrogens is 2. The summed E-state index contributed by atoms with van der Waals surface area (Å²) in [4.78, 5) is 8.88. The van der Waals surface area contributed by atoms with Crippen LogP contribution >= 0.6 is 11.3 Å². The first-order valence-corrected chi connectivity index (χ1v) is 9.44. The molecule has 0 saturated heterocycles. The predicted molar refractivity (Wildman–Crippen MR) is 110 cm³/mol. The van der Waals surface area contributed by atoms with Gasteiger partial charge < -0.3 is 5.41 Å². The Labute approximate surface area is 154 Å². The standard InChI is InChI=1S/C16H13N3S.C5H12/c1-2-11(8-17)14-5-6-15-16(19-14)13(10-20-15)12-4-3-7-18-9-12;1-4-5(2)3/h2-10,17H,1H3;5H,4H2,1-3H3/b11-2+,17-8?;. The van der Waals surface area contributed by atoms with Gasteiger partial charge in [-0.3, -0.25) is 4.98 Å². The highest BCUT2D eigenvalue weighted by molar-refractivity contribution is 7.17. The molecule has 3 heterocycles. The van der Waals surface area contributed by atoms with E-state index in [1.807, 2.05) is 37.4 Å². The quantitative estimate of drug-likeness (QED) is 0.548. The van der Waals surface area contributed by atoms with Crippen LogP contribution in [0.3, 0.4) is 0 Å². The Morgan fingerprint density at radius 3 is 2.60 bits per heavy atom. The van der Waals surface area contributed by atoms with Gasteiger partial charge in [0.25, 0.3) is 0 Å². The van der Waals surface area contributed by atoms with Gasteiger partial charge in [0, 0.05) is 40.7 Å².